The molecule has 0 aliphatic carbocycles. The molecule has 2 rings (SSSR count). The Balaban J connectivity index is 2.10. The molecule has 2 heterocycles. The topological polar surface area (TPSA) is 37.8 Å². The zero-order valence-electron chi connectivity index (χ0n) is 8.50. The fourth-order valence-corrected chi connectivity index (χ4v) is 2.40. The average molecular weight is 274 g/mol. The van der Waals surface area contributed by atoms with Crippen LogP contribution < -0.4 is 5.32 Å². The van der Waals surface area contributed by atoms with Gasteiger partial charge in [-0.2, -0.15) is 11.3 Å². The number of nitrogens with zero attached hydrogens (tertiary/aromatic N) is 2. The normalized spacial score (nSPS) is 10.4. The highest BCUT2D eigenvalue weighted by molar-refractivity contribution is 7.08. The third-order valence-corrected chi connectivity index (χ3v) is 3.52. The Labute approximate surface area is 107 Å². The first-order valence-corrected chi connectivity index (χ1v) is 6.31. The van der Waals surface area contributed by atoms with Crippen molar-refractivity contribution in [3.05, 3.63) is 38.3 Å². The van der Waals surface area contributed by atoms with Crippen LogP contribution in [0, 0.1) is 6.92 Å². The Bertz CT molecular complexity index is 499. The summed E-state index contributed by atoms with van der Waals surface area (Å²) in [4.78, 5) is 0. The van der Waals surface area contributed by atoms with Gasteiger partial charge in [0.15, 0.2) is 10.3 Å². The highest BCUT2D eigenvalue weighted by Crippen LogP contribution is 2.22. The van der Waals surface area contributed by atoms with Crippen LogP contribution in [0.5, 0.6) is 0 Å². The molecule has 2 aromatic heterocycles. The SMILES string of the molecule is Cc1cscc1CNc1cc(Cl)nnc1Cl. The van der Waals surface area contributed by atoms with E-state index >= 15 is 0 Å². The van der Waals surface area contributed by atoms with Gasteiger partial charge in [0.1, 0.15) is 0 Å². The average Bonchev–Trinajstić information content (AvgIpc) is 2.66. The summed E-state index contributed by atoms with van der Waals surface area (Å²) in [5.74, 6) is 0. The van der Waals surface area contributed by atoms with E-state index in [2.05, 4.69) is 33.2 Å². The molecule has 0 amide bonds. The zero-order valence-corrected chi connectivity index (χ0v) is 10.8. The fraction of sp³-hybridized carbons (Fsp3) is 0.200. The fourth-order valence-electron chi connectivity index (χ4n) is 1.24. The maximum absolute atomic E-state index is 5.88. The molecule has 84 valence electrons. The van der Waals surface area contributed by atoms with Crippen LogP contribution in [0.1, 0.15) is 11.1 Å². The van der Waals surface area contributed by atoms with Gasteiger partial charge in [-0.15, -0.1) is 10.2 Å². The molecule has 6 heteroatoms. The summed E-state index contributed by atoms with van der Waals surface area (Å²) in [5, 5.41) is 15.4. The summed E-state index contributed by atoms with van der Waals surface area (Å²) in [5.41, 5.74) is 3.21. The van der Waals surface area contributed by atoms with E-state index in [4.69, 9.17) is 23.2 Å². The van der Waals surface area contributed by atoms with E-state index in [0.717, 1.165) is 0 Å². The Morgan fingerprint density at radius 3 is 2.81 bits per heavy atom. The summed E-state index contributed by atoms with van der Waals surface area (Å²) >= 11 is 13.3. The van der Waals surface area contributed by atoms with Gasteiger partial charge in [0.2, 0.25) is 0 Å². The maximum Gasteiger partial charge on any atom is 0.174 e. The molecule has 3 nitrogen and oxygen atoms in total. The number of hydrogen-bond acceptors (Lipinski definition) is 4. The van der Waals surface area contributed by atoms with Gasteiger partial charge < -0.3 is 5.32 Å². The smallest absolute Gasteiger partial charge is 0.174 e. The minimum Gasteiger partial charge on any atom is -0.378 e. The van der Waals surface area contributed by atoms with Crippen molar-refractivity contribution in [2.24, 2.45) is 0 Å². The molecule has 0 aliphatic rings. The van der Waals surface area contributed by atoms with Crippen molar-refractivity contribution in [2.75, 3.05) is 5.32 Å². The van der Waals surface area contributed by atoms with Crippen LogP contribution in [0.3, 0.4) is 0 Å². The molecule has 0 fully saturated rings. The minimum absolute atomic E-state index is 0.328. The van der Waals surface area contributed by atoms with Crippen LogP contribution in [-0.2, 0) is 6.54 Å². The van der Waals surface area contributed by atoms with Crippen LogP contribution in [0.4, 0.5) is 5.69 Å². The molecule has 0 saturated carbocycles. The Hall–Kier alpha value is -0.840. The molecule has 0 saturated heterocycles. The van der Waals surface area contributed by atoms with E-state index in [0.29, 0.717) is 22.5 Å². The molecule has 1 N–H and O–H groups in total. The number of aromatic nitrogens is 2. The van der Waals surface area contributed by atoms with Gasteiger partial charge in [0, 0.05) is 12.6 Å². The number of halogens is 2. The molecule has 2 aromatic rings. The summed E-state index contributed by atoms with van der Waals surface area (Å²) in [7, 11) is 0. The summed E-state index contributed by atoms with van der Waals surface area (Å²) in [6, 6.07) is 1.67. The lowest BCUT2D eigenvalue weighted by molar-refractivity contribution is 1.02. The maximum atomic E-state index is 5.88. The third kappa shape index (κ3) is 2.64. The number of thiophene rings is 1. The van der Waals surface area contributed by atoms with E-state index in [1.807, 2.05) is 0 Å². The van der Waals surface area contributed by atoms with Crippen LogP contribution in [0.2, 0.25) is 10.3 Å². The lowest BCUT2D eigenvalue weighted by Gasteiger charge is -2.07. The molecule has 0 spiro atoms. The number of aryl methyl sites for hydroxylation is 1. The predicted octanol–water partition coefficient (Wildman–Crippen LogP) is 3.77. The van der Waals surface area contributed by atoms with Crippen LogP contribution in [0.25, 0.3) is 0 Å². The summed E-state index contributed by atoms with van der Waals surface area (Å²) in [6.45, 7) is 2.78. The standard InChI is InChI=1S/C10H9Cl2N3S/c1-6-4-16-5-7(6)3-13-8-2-9(11)14-15-10(8)12/h2,4-5H,3H2,1H3,(H,13,14). The van der Waals surface area contributed by atoms with Gasteiger partial charge in [-0.25, -0.2) is 0 Å². The van der Waals surface area contributed by atoms with E-state index < -0.39 is 0 Å². The first-order valence-electron chi connectivity index (χ1n) is 4.61. The number of anilines is 1. The van der Waals surface area contributed by atoms with Gasteiger partial charge in [-0.05, 0) is 28.8 Å². The number of hydrogen-bond donors (Lipinski definition) is 1. The van der Waals surface area contributed by atoms with Crippen molar-refractivity contribution >= 4 is 40.2 Å². The molecule has 0 aromatic carbocycles. The first-order chi connectivity index (χ1) is 7.66. The van der Waals surface area contributed by atoms with Gasteiger partial charge >= 0.3 is 0 Å². The van der Waals surface area contributed by atoms with Gasteiger partial charge in [0.25, 0.3) is 0 Å². The Morgan fingerprint density at radius 1 is 1.31 bits per heavy atom. The van der Waals surface area contributed by atoms with Crippen molar-refractivity contribution < 1.29 is 0 Å². The van der Waals surface area contributed by atoms with E-state index in [1.165, 1.54) is 11.1 Å². The zero-order chi connectivity index (χ0) is 11.5. The van der Waals surface area contributed by atoms with Gasteiger partial charge in [0.05, 0.1) is 5.69 Å². The van der Waals surface area contributed by atoms with Crippen LogP contribution in [0.15, 0.2) is 16.8 Å². The lowest BCUT2D eigenvalue weighted by atomic mass is 10.2. The molecule has 0 bridgehead atoms. The highest BCUT2D eigenvalue weighted by atomic mass is 35.5. The molecular formula is C10H9Cl2N3S. The largest absolute Gasteiger partial charge is 0.378 e. The highest BCUT2D eigenvalue weighted by Gasteiger charge is 2.05. The predicted molar refractivity (Wildman–Crippen MR) is 68.4 cm³/mol. The number of rotatable bonds is 3. The summed E-state index contributed by atoms with van der Waals surface area (Å²) in [6.07, 6.45) is 0. The molecular weight excluding hydrogens is 265 g/mol. The molecule has 0 radical (unpaired) electrons. The molecule has 0 atom stereocenters. The van der Waals surface area contributed by atoms with Crippen molar-refractivity contribution in [2.45, 2.75) is 13.5 Å². The van der Waals surface area contributed by atoms with Crippen molar-refractivity contribution in [3.8, 4) is 0 Å². The van der Waals surface area contributed by atoms with E-state index in [1.54, 1.807) is 17.4 Å². The Kier molecular flexibility index (Phi) is 3.63. The van der Waals surface area contributed by atoms with Crippen molar-refractivity contribution in [3.63, 3.8) is 0 Å². The molecule has 0 aliphatic heterocycles. The second-order valence-electron chi connectivity index (χ2n) is 3.31. The van der Waals surface area contributed by atoms with Crippen molar-refractivity contribution in [1.82, 2.24) is 10.2 Å². The summed E-state index contributed by atoms with van der Waals surface area (Å²) < 4.78 is 0. The number of nitrogens with one attached hydrogen (secondary N) is 1. The quantitative estimate of drug-likeness (QED) is 0.925. The van der Waals surface area contributed by atoms with E-state index in [9.17, 15) is 0 Å². The monoisotopic (exact) mass is 273 g/mol. The van der Waals surface area contributed by atoms with Crippen LogP contribution in [-0.4, -0.2) is 10.2 Å². The van der Waals surface area contributed by atoms with E-state index in [-0.39, 0.29) is 0 Å². The second kappa shape index (κ2) is 4.99. The van der Waals surface area contributed by atoms with Gasteiger partial charge in [-0.3, -0.25) is 0 Å². The molecule has 0 unspecified atom stereocenters. The van der Waals surface area contributed by atoms with Gasteiger partial charge in [-0.1, -0.05) is 23.2 Å². The lowest BCUT2D eigenvalue weighted by Crippen LogP contribution is -2.01. The third-order valence-electron chi connectivity index (χ3n) is 2.15. The minimum atomic E-state index is 0.328. The second-order valence-corrected chi connectivity index (χ2v) is 4.79. The van der Waals surface area contributed by atoms with Crippen LogP contribution >= 0.6 is 34.5 Å². The Morgan fingerprint density at radius 2 is 2.12 bits per heavy atom. The van der Waals surface area contributed by atoms with Crippen molar-refractivity contribution in [1.29, 1.82) is 0 Å². The molecule has 16 heavy (non-hydrogen) atoms. The first kappa shape index (κ1) is 11.6.